The third kappa shape index (κ3) is 2.99. The van der Waals surface area contributed by atoms with Crippen LogP contribution in [0.1, 0.15) is 46.1 Å². The fraction of sp³-hybridized carbons (Fsp3) is 0.579. The van der Waals surface area contributed by atoms with E-state index >= 15 is 0 Å². The lowest BCUT2D eigenvalue weighted by Crippen LogP contribution is -2.48. The molecule has 5 nitrogen and oxygen atoms in total. The Bertz CT molecular complexity index is 655. The monoisotopic (exact) mass is 330 g/mol. The highest BCUT2D eigenvalue weighted by atomic mass is 16.6. The van der Waals surface area contributed by atoms with Crippen molar-refractivity contribution in [3.63, 3.8) is 0 Å². The Morgan fingerprint density at radius 3 is 2.33 bits per heavy atom. The van der Waals surface area contributed by atoms with Crippen molar-refractivity contribution in [3.8, 4) is 0 Å². The first-order valence-corrected chi connectivity index (χ1v) is 8.57. The SMILES string of the molecule is CC(=O)N1CC2(CCN(C(=O)OC(C)(C)C)CC2)c2ccccc21. The number of benzene rings is 1. The van der Waals surface area contributed by atoms with Crippen LogP contribution in [0.3, 0.4) is 0 Å². The molecule has 3 rings (SSSR count). The smallest absolute Gasteiger partial charge is 0.410 e. The van der Waals surface area contributed by atoms with E-state index in [0.717, 1.165) is 18.5 Å². The summed E-state index contributed by atoms with van der Waals surface area (Å²) in [7, 11) is 0. The molecular formula is C19H26N2O3. The number of amides is 2. The van der Waals surface area contributed by atoms with Crippen LogP contribution in [0, 0.1) is 0 Å². The zero-order chi connectivity index (χ0) is 17.5. The Labute approximate surface area is 143 Å². The molecule has 0 aromatic heterocycles. The summed E-state index contributed by atoms with van der Waals surface area (Å²) < 4.78 is 5.48. The van der Waals surface area contributed by atoms with Crippen LogP contribution in [0.15, 0.2) is 24.3 Å². The van der Waals surface area contributed by atoms with Crippen LogP contribution in [-0.4, -0.2) is 42.1 Å². The molecule has 0 aliphatic carbocycles. The molecule has 0 saturated carbocycles. The van der Waals surface area contributed by atoms with E-state index in [-0.39, 0.29) is 17.4 Å². The molecule has 0 bridgehead atoms. The van der Waals surface area contributed by atoms with Crippen LogP contribution in [-0.2, 0) is 14.9 Å². The molecule has 1 fully saturated rings. The van der Waals surface area contributed by atoms with E-state index in [1.54, 1.807) is 11.8 Å². The first-order chi connectivity index (χ1) is 11.2. The fourth-order valence-electron chi connectivity index (χ4n) is 3.78. The number of likely N-dealkylation sites (tertiary alicyclic amines) is 1. The van der Waals surface area contributed by atoms with Gasteiger partial charge in [-0.05, 0) is 45.2 Å². The third-order valence-corrected chi connectivity index (χ3v) is 4.98. The maximum Gasteiger partial charge on any atom is 0.410 e. The Hall–Kier alpha value is -2.04. The lowest BCUT2D eigenvalue weighted by atomic mass is 9.74. The van der Waals surface area contributed by atoms with E-state index in [4.69, 9.17) is 4.74 Å². The van der Waals surface area contributed by atoms with Crippen molar-refractivity contribution in [1.29, 1.82) is 0 Å². The number of piperidine rings is 1. The number of rotatable bonds is 0. The van der Waals surface area contributed by atoms with Crippen LogP contribution in [0.5, 0.6) is 0 Å². The van der Waals surface area contributed by atoms with E-state index < -0.39 is 5.60 Å². The van der Waals surface area contributed by atoms with Crippen molar-refractivity contribution in [2.45, 2.75) is 51.6 Å². The van der Waals surface area contributed by atoms with Crippen molar-refractivity contribution in [3.05, 3.63) is 29.8 Å². The molecule has 0 radical (unpaired) electrons. The lowest BCUT2D eigenvalue weighted by Gasteiger charge is -2.40. The summed E-state index contributed by atoms with van der Waals surface area (Å²) in [6.45, 7) is 9.30. The number of fused-ring (bicyclic) bond motifs is 2. The van der Waals surface area contributed by atoms with Gasteiger partial charge in [0.25, 0.3) is 0 Å². The number of ether oxygens (including phenoxy) is 1. The summed E-state index contributed by atoms with van der Waals surface area (Å²) in [5.74, 6) is 0.0777. The minimum atomic E-state index is -0.475. The van der Waals surface area contributed by atoms with Gasteiger partial charge in [0.2, 0.25) is 5.91 Å². The van der Waals surface area contributed by atoms with E-state index in [2.05, 4.69) is 6.07 Å². The van der Waals surface area contributed by atoms with Gasteiger partial charge in [-0.1, -0.05) is 18.2 Å². The Kier molecular flexibility index (Phi) is 4.06. The van der Waals surface area contributed by atoms with Crippen molar-refractivity contribution in [2.24, 2.45) is 0 Å². The van der Waals surface area contributed by atoms with Gasteiger partial charge < -0.3 is 14.5 Å². The number of carbonyl (C=O) groups excluding carboxylic acids is 2. The summed E-state index contributed by atoms with van der Waals surface area (Å²) in [5, 5.41) is 0. The molecule has 1 spiro atoms. The average Bonchev–Trinajstić information content (AvgIpc) is 2.82. The number of carbonyl (C=O) groups is 2. The predicted molar refractivity (Wildman–Crippen MR) is 93.2 cm³/mol. The maximum atomic E-state index is 12.3. The van der Waals surface area contributed by atoms with Gasteiger partial charge in [-0.2, -0.15) is 0 Å². The summed E-state index contributed by atoms with van der Waals surface area (Å²) >= 11 is 0. The van der Waals surface area contributed by atoms with Crippen LogP contribution < -0.4 is 4.90 Å². The first kappa shape index (κ1) is 16.8. The molecule has 2 aliphatic heterocycles. The number of hydrogen-bond donors (Lipinski definition) is 0. The highest BCUT2D eigenvalue weighted by Gasteiger charge is 2.46. The van der Waals surface area contributed by atoms with Gasteiger partial charge >= 0.3 is 6.09 Å². The highest BCUT2D eigenvalue weighted by molar-refractivity contribution is 5.94. The van der Waals surface area contributed by atoms with Crippen molar-refractivity contribution >= 4 is 17.7 Å². The molecule has 1 aromatic carbocycles. The molecule has 2 aliphatic rings. The van der Waals surface area contributed by atoms with E-state index in [0.29, 0.717) is 19.6 Å². The molecule has 5 heteroatoms. The average molecular weight is 330 g/mol. The summed E-state index contributed by atoms with van der Waals surface area (Å²) in [5.41, 5.74) is 1.75. The Morgan fingerprint density at radius 2 is 1.75 bits per heavy atom. The molecule has 24 heavy (non-hydrogen) atoms. The lowest BCUT2D eigenvalue weighted by molar-refractivity contribution is -0.116. The highest BCUT2D eigenvalue weighted by Crippen LogP contribution is 2.47. The van der Waals surface area contributed by atoms with Gasteiger partial charge in [0, 0.05) is 37.7 Å². The van der Waals surface area contributed by atoms with Crippen molar-refractivity contribution in [2.75, 3.05) is 24.5 Å². The molecule has 1 saturated heterocycles. The zero-order valence-electron chi connectivity index (χ0n) is 15.0. The number of nitrogens with zero attached hydrogens (tertiary/aromatic N) is 2. The van der Waals surface area contributed by atoms with Crippen LogP contribution >= 0.6 is 0 Å². The van der Waals surface area contributed by atoms with Gasteiger partial charge in [0.05, 0.1) is 0 Å². The maximum absolute atomic E-state index is 12.3. The minimum Gasteiger partial charge on any atom is -0.444 e. The second-order valence-electron chi connectivity index (χ2n) is 7.87. The quantitative estimate of drug-likeness (QED) is 0.733. The molecule has 0 unspecified atom stereocenters. The van der Waals surface area contributed by atoms with Gasteiger partial charge in [0.1, 0.15) is 5.60 Å². The molecule has 0 atom stereocenters. The topological polar surface area (TPSA) is 49.9 Å². The van der Waals surface area contributed by atoms with Crippen LogP contribution in [0.25, 0.3) is 0 Å². The van der Waals surface area contributed by atoms with Crippen molar-refractivity contribution < 1.29 is 14.3 Å². The van der Waals surface area contributed by atoms with Crippen LogP contribution in [0.2, 0.25) is 0 Å². The van der Waals surface area contributed by atoms with Gasteiger partial charge in [-0.15, -0.1) is 0 Å². The van der Waals surface area contributed by atoms with E-state index in [1.807, 2.05) is 43.9 Å². The molecule has 0 N–H and O–H groups in total. The van der Waals surface area contributed by atoms with Gasteiger partial charge in [-0.3, -0.25) is 4.79 Å². The number of para-hydroxylation sites is 1. The second kappa shape index (κ2) is 5.80. The van der Waals surface area contributed by atoms with Gasteiger partial charge in [-0.25, -0.2) is 4.79 Å². The summed E-state index contributed by atoms with van der Waals surface area (Å²) in [4.78, 5) is 27.9. The third-order valence-electron chi connectivity index (χ3n) is 4.98. The van der Waals surface area contributed by atoms with Gasteiger partial charge in [0.15, 0.2) is 0 Å². The fourth-order valence-corrected chi connectivity index (χ4v) is 3.78. The summed E-state index contributed by atoms with van der Waals surface area (Å²) in [6.07, 6.45) is 1.46. The largest absolute Gasteiger partial charge is 0.444 e. The molecule has 1 aromatic rings. The van der Waals surface area contributed by atoms with E-state index in [1.165, 1.54) is 5.56 Å². The molecule has 2 amide bonds. The van der Waals surface area contributed by atoms with E-state index in [9.17, 15) is 9.59 Å². The van der Waals surface area contributed by atoms with Crippen LogP contribution in [0.4, 0.5) is 10.5 Å². The first-order valence-electron chi connectivity index (χ1n) is 8.57. The Balaban J connectivity index is 1.76. The zero-order valence-corrected chi connectivity index (χ0v) is 15.0. The Morgan fingerprint density at radius 1 is 1.12 bits per heavy atom. The number of anilines is 1. The second-order valence-corrected chi connectivity index (χ2v) is 7.87. The molecule has 130 valence electrons. The number of hydrogen-bond acceptors (Lipinski definition) is 3. The molecular weight excluding hydrogens is 304 g/mol. The summed E-state index contributed by atoms with van der Waals surface area (Å²) in [6, 6.07) is 8.15. The minimum absolute atomic E-state index is 0.0409. The standard InChI is InChI=1S/C19H26N2O3/c1-14(22)21-13-19(15-7-5-6-8-16(15)21)9-11-20(12-10-19)17(23)24-18(2,3)4/h5-8H,9-13H2,1-4H3. The molecule has 2 heterocycles. The van der Waals surface area contributed by atoms with Crippen molar-refractivity contribution in [1.82, 2.24) is 4.90 Å². The normalized spacial score (nSPS) is 19.3. The predicted octanol–water partition coefficient (Wildman–Crippen LogP) is 3.32.